The number of carbonyl (C=O) groups excluding carboxylic acids is 1. The molecule has 1 heterocycles. The number of benzene rings is 1. The van der Waals surface area contributed by atoms with Crippen molar-refractivity contribution in [3.05, 3.63) is 23.5 Å². The number of ether oxygens (including phenoxy) is 1. The maximum Gasteiger partial charge on any atom is 0.498 e. The monoisotopic (exact) mass is 280 g/mol. The normalized spacial score (nSPS) is 20.0. The molecule has 0 aliphatic carbocycles. The molecule has 0 amide bonds. The van der Waals surface area contributed by atoms with E-state index in [9.17, 15) is 9.18 Å². The van der Waals surface area contributed by atoms with Gasteiger partial charge in [-0.2, -0.15) is 0 Å². The van der Waals surface area contributed by atoms with Crippen LogP contribution in [0.4, 0.5) is 4.39 Å². The lowest BCUT2D eigenvalue weighted by Crippen LogP contribution is -2.41. The minimum Gasteiger partial charge on any atom is -0.494 e. The molecule has 0 atom stereocenters. The highest BCUT2D eigenvalue weighted by atomic mass is 19.1. The average Bonchev–Trinajstić information content (AvgIpc) is 2.58. The largest absolute Gasteiger partial charge is 0.498 e. The Kier molecular flexibility index (Phi) is 3.65. The molecule has 0 unspecified atom stereocenters. The minimum absolute atomic E-state index is 0.0203. The number of hydrogen-bond donors (Lipinski definition) is 0. The Labute approximate surface area is 118 Å². The fraction of sp³-hybridized carbons (Fsp3) is 0.500. The van der Waals surface area contributed by atoms with E-state index in [4.69, 9.17) is 14.0 Å². The molecule has 0 bridgehead atoms. The van der Waals surface area contributed by atoms with Crippen LogP contribution in [0.15, 0.2) is 12.1 Å². The molecule has 1 fully saturated rings. The van der Waals surface area contributed by atoms with Gasteiger partial charge in [0.15, 0.2) is 17.9 Å². The van der Waals surface area contributed by atoms with Gasteiger partial charge in [0, 0.05) is 5.46 Å². The first kappa shape index (κ1) is 15.0. The summed E-state index contributed by atoms with van der Waals surface area (Å²) in [5.41, 5.74) is -0.665. The number of rotatable bonds is 3. The topological polar surface area (TPSA) is 44.8 Å². The van der Waals surface area contributed by atoms with E-state index in [-0.39, 0.29) is 11.3 Å². The predicted octanol–water partition coefficient (Wildman–Crippen LogP) is 1.95. The Morgan fingerprint density at radius 1 is 1.20 bits per heavy atom. The highest BCUT2D eigenvalue weighted by molar-refractivity contribution is 6.63. The van der Waals surface area contributed by atoms with Crippen molar-refractivity contribution in [2.24, 2.45) is 0 Å². The van der Waals surface area contributed by atoms with E-state index in [0.29, 0.717) is 11.7 Å². The van der Waals surface area contributed by atoms with Crippen molar-refractivity contribution in [3.63, 3.8) is 0 Å². The van der Waals surface area contributed by atoms with Crippen LogP contribution < -0.4 is 10.2 Å². The van der Waals surface area contributed by atoms with Gasteiger partial charge >= 0.3 is 7.12 Å². The molecule has 0 aromatic heterocycles. The van der Waals surface area contributed by atoms with Crippen molar-refractivity contribution in [1.29, 1.82) is 0 Å². The predicted molar refractivity (Wildman–Crippen MR) is 74.1 cm³/mol. The van der Waals surface area contributed by atoms with E-state index in [0.717, 1.165) is 0 Å². The maximum absolute atomic E-state index is 14.1. The van der Waals surface area contributed by atoms with Crippen molar-refractivity contribution in [2.75, 3.05) is 7.11 Å². The number of methoxy groups -OCH3 is 1. The zero-order chi connectivity index (χ0) is 15.1. The Morgan fingerprint density at radius 2 is 1.75 bits per heavy atom. The molecule has 108 valence electrons. The number of hydrogen-bond acceptors (Lipinski definition) is 4. The molecular weight excluding hydrogens is 262 g/mol. The van der Waals surface area contributed by atoms with Crippen molar-refractivity contribution in [3.8, 4) is 5.75 Å². The van der Waals surface area contributed by atoms with Crippen LogP contribution in [-0.4, -0.2) is 31.7 Å². The lowest BCUT2D eigenvalue weighted by molar-refractivity contribution is 0.00578. The first-order valence-electron chi connectivity index (χ1n) is 6.40. The Morgan fingerprint density at radius 3 is 2.20 bits per heavy atom. The van der Waals surface area contributed by atoms with Crippen LogP contribution in [0.25, 0.3) is 0 Å². The van der Waals surface area contributed by atoms with E-state index >= 15 is 0 Å². The molecule has 0 radical (unpaired) electrons. The van der Waals surface area contributed by atoms with Gasteiger partial charge in [-0.25, -0.2) is 4.39 Å². The van der Waals surface area contributed by atoms with E-state index < -0.39 is 24.1 Å². The second-order valence-electron chi connectivity index (χ2n) is 5.80. The molecule has 1 aliphatic heterocycles. The standard InChI is InChI=1S/C14H18BFO4/c1-13(2)14(3,4)20-15(19-13)10-7-6-9(8-17)11(16)12(10)18-5/h6-8H,1-5H3. The molecule has 0 spiro atoms. The third-order valence-corrected chi connectivity index (χ3v) is 4.00. The molecule has 2 rings (SSSR count). The molecule has 1 aromatic rings. The van der Waals surface area contributed by atoms with Crippen LogP contribution in [0.1, 0.15) is 38.1 Å². The quantitative estimate of drug-likeness (QED) is 0.627. The van der Waals surface area contributed by atoms with E-state index in [1.165, 1.54) is 13.2 Å². The van der Waals surface area contributed by atoms with Crippen LogP contribution in [0, 0.1) is 5.82 Å². The molecule has 0 N–H and O–H groups in total. The zero-order valence-electron chi connectivity index (χ0n) is 12.3. The summed E-state index contributed by atoms with van der Waals surface area (Å²) >= 11 is 0. The summed E-state index contributed by atoms with van der Waals surface area (Å²) in [5.74, 6) is -0.720. The fourth-order valence-corrected chi connectivity index (χ4v) is 2.04. The van der Waals surface area contributed by atoms with Crippen LogP contribution in [0.3, 0.4) is 0 Å². The summed E-state index contributed by atoms with van der Waals surface area (Å²) in [4.78, 5) is 10.8. The number of carbonyl (C=O) groups is 1. The molecule has 1 aliphatic rings. The van der Waals surface area contributed by atoms with Gasteiger partial charge in [0.2, 0.25) is 0 Å². The summed E-state index contributed by atoms with van der Waals surface area (Å²) in [6.07, 6.45) is 0.450. The van der Waals surface area contributed by atoms with Crippen molar-refractivity contribution in [2.45, 2.75) is 38.9 Å². The summed E-state index contributed by atoms with van der Waals surface area (Å²) in [6, 6.07) is 2.99. The van der Waals surface area contributed by atoms with Crippen molar-refractivity contribution in [1.82, 2.24) is 0 Å². The van der Waals surface area contributed by atoms with Gasteiger partial charge in [-0.1, -0.05) is 6.07 Å². The van der Waals surface area contributed by atoms with Crippen molar-refractivity contribution >= 4 is 18.9 Å². The summed E-state index contributed by atoms with van der Waals surface area (Å²) in [6.45, 7) is 7.65. The van der Waals surface area contributed by atoms with Gasteiger partial charge in [-0.05, 0) is 33.8 Å². The lowest BCUT2D eigenvalue weighted by Gasteiger charge is -2.32. The van der Waals surface area contributed by atoms with E-state index in [1.807, 2.05) is 27.7 Å². The average molecular weight is 280 g/mol. The van der Waals surface area contributed by atoms with Crippen molar-refractivity contribution < 1.29 is 23.2 Å². The molecule has 6 heteroatoms. The Balaban J connectivity index is 2.45. The third kappa shape index (κ3) is 2.23. The van der Waals surface area contributed by atoms with E-state index in [2.05, 4.69) is 0 Å². The van der Waals surface area contributed by atoms with E-state index in [1.54, 1.807) is 6.07 Å². The molecule has 1 saturated heterocycles. The fourth-order valence-electron chi connectivity index (χ4n) is 2.04. The SMILES string of the molecule is COc1c(B2OC(C)(C)C(C)(C)O2)ccc(C=O)c1F. The molecule has 4 nitrogen and oxygen atoms in total. The Bertz CT molecular complexity index is 526. The molecule has 1 aromatic carbocycles. The zero-order valence-corrected chi connectivity index (χ0v) is 12.3. The van der Waals surface area contributed by atoms with Crippen LogP contribution >= 0.6 is 0 Å². The third-order valence-electron chi connectivity index (χ3n) is 4.00. The van der Waals surface area contributed by atoms with Gasteiger partial charge in [-0.3, -0.25) is 4.79 Å². The number of halogens is 1. The molecular formula is C14H18BFO4. The first-order valence-corrected chi connectivity index (χ1v) is 6.40. The second-order valence-corrected chi connectivity index (χ2v) is 5.80. The highest BCUT2D eigenvalue weighted by Gasteiger charge is 2.52. The van der Waals surface area contributed by atoms with Gasteiger partial charge in [0.1, 0.15) is 0 Å². The highest BCUT2D eigenvalue weighted by Crippen LogP contribution is 2.37. The molecule has 0 saturated carbocycles. The smallest absolute Gasteiger partial charge is 0.494 e. The number of aldehydes is 1. The maximum atomic E-state index is 14.1. The van der Waals surface area contributed by atoms with Gasteiger partial charge in [0.05, 0.1) is 23.9 Å². The summed E-state index contributed by atoms with van der Waals surface area (Å²) in [7, 11) is 0.618. The Hall–Kier alpha value is -1.40. The first-order chi connectivity index (χ1) is 9.23. The summed E-state index contributed by atoms with van der Waals surface area (Å²) in [5, 5.41) is 0. The molecule has 20 heavy (non-hydrogen) atoms. The van der Waals surface area contributed by atoms with Gasteiger partial charge < -0.3 is 14.0 Å². The minimum atomic E-state index is -0.731. The summed E-state index contributed by atoms with van der Waals surface area (Å²) < 4.78 is 30.9. The van der Waals surface area contributed by atoms with Gasteiger partial charge in [-0.15, -0.1) is 0 Å². The van der Waals surface area contributed by atoms with Crippen LogP contribution in [-0.2, 0) is 9.31 Å². The second kappa shape index (κ2) is 4.86. The lowest BCUT2D eigenvalue weighted by atomic mass is 9.77. The van der Waals surface area contributed by atoms with Crippen LogP contribution in [0.2, 0.25) is 0 Å². The van der Waals surface area contributed by atoms with Gasteiger partial charge in [0.25, 0.3) is 0 Å². The van der Waals surface area contributed by atoms with Crippen LogP contribution in [0.5, 0.6) is 5.75 Å².